The van der Waals surface area contributed by atoms with Gasteiger partial charge in [-0.1, -0.05) is 6.92 Å². The smallest absolute Gasteiger partial charge is 0.323 e. The van der Waals surface area contributed by atoms with Crippen molar-refractivity contribution in [1.29, 1.82) is 0 Å². The van der Waals surface area contributed by atoms with Crippen LogP contribution in [-0.4, -0.2) is 73.2 Å². The third kappa shape index (κ3) is 4.43. The minimum absolute atomic E-state index is 0.615. The molecule has 1 heterocycles. The Morgan fingerprint density at radius 2 is 2.25 bits per heavy atom. The Labute approximate surface area is 123 Å². The summed E-state index contributed by atoms with van der Waals surface area (Å²) in [6.45, 7) is 5.22. The predicted molar refractivity (Wildman–Crippen MR) is 82.1 cm³/mol. The highest BCUT2D eigenvalue weighted by atomic mass is 16.4. The van der Waals surface area contributed by atoms with Gasteiger partial charge in [-0.15, -0.1) is 0 Å². The quantitative estimate of drug-likeness (QED) is 0.703. The highest BCUT2D eigenvalue weighted by molar-refractivity contribution is 5.78. The number of likely N-dealkylation sites (tertiary alicyclic amines) is 1. The molecule has 0 aromatic heterocycles. The van der Waals surface area contributed by atoms with Gasteiger partial charge in [0, 0.05) is 12.6 Å². The Morgan fingerprint density at radius 1 is 1.55 bits per heavy atom. The summed E-state index contributed by atoms with van der Waals surface area (Å²) in [7, 11) is 6.09. The number of carboxylic acids is 1. The summed E-state index contributed by atoms with van der Waals surface area (Å²) in [6.07, 6.45) is 4.73. The molecule has 0 amide bonds. The SMILES string of the molecule is CCC(CCCN(C)C1CCCN(C)C1)(NC)C(=O)O. The first-order valence-electron chi connectivity index (χ1n) is 7.76. The highest BCUT2D eigenvalue weighted by Crippen LogP contribution is 2.19. The summed E-state index contributed by atoms with van der Waals surface area (Å²) in [6, 6.07) is 0.615. The summed E-state index contributed by atoms with van der Waals surface area (Å²) < 4.78 is 0. The second-order valence-electron chi connectivity index (χ2n) is 6.13. The summed E-state index contributed by atoms with van der Waals surface area (Å²) >= 11 is 0. The van der Waals surface area contributed by atoms with Crippen molar-refractivity contribution in [3.05, 3.63) is 0 Å². The molecule has 20 heavy (non-hydrogen) atoms. The molecule has 1 rings (SSSR count). The molecule has 1 saturated heterocycles. The fourth-order valence-electron chi connectivity index (χ4n) is 3.16. The predicted octanol–water partition coefficient (Wildman–Crippen LogP) is 1.25. The Kier molecular flexibility index (Phi) is 6.92. The molecule has 118 valence electrons. The van der Waals surface area contributed by atoms with Crippen LogP contribution in [0.3, 0.4) is 0 Å². The summed E-state index contributed by atoms with van der Waals surface area (Å²) in [5, 5.41) is 12.4. The molecule has 0 aromatic rings. The number of carbonyl (C=O) groups is 1. The standard InChI is InChI=1S/C15H31N3O2/c1-5-15(16-2,14(19)20)9-7-11-18(4)13-8-6-10-17(3)12-13/h13,16H,5-12H2,1-4H3,(H,19,20). The molecule has 1 aliphatic rings. The zero-order chi connectivity index (χ0) is 15.2. The molecule has 0 saturated carbocycles. The Balaban J connectivity index is 2.40. The maximum absolute atomic E-state index is 11.4. The van der Waals surface area contributed by atoms with E-state index in [2.05, 4.69) is 29.2 Å². The molecule has 1 fully saturated rings. The number of rotatable bonds is 8. The summed E-state index contributed by atoms with van der Waals surface area (Å²) in [4.78, 5) is 16.2. The van der Waals surface area contributed by atoms with E-state index in [0.29, 0.717) is 18.9 Å². The first-order valence-corrected chi connectivity index (χ1v) is 7.76. The maximum Gasteiger partial charge on any atom is 0.323 e. The monoisotopic (exact) mass is 285 g/mol. The molecule has 1 aliphatic heterocycles. The largest absolute Gasteiger partial charge is 0.480 e. The Bertz CT molecular complexity index is 305. The van der Waals surface area contributed by atoms with Gasteiger partial charge in [0.25, 0.3) is 0 Å². The van der Waals surface area contributed by atoms with Crippen molar-refractivity contribution in [2.45, 2.75) is 50.6 Å². The molecule has 0 aromatic carbocycles. The van der Waals surface area contributed by atoms with Gasteiger partial charge in [-0.25, -0.2) is 0 Å². The van der Waals surface area contributed by atoms with Gasteiger partial charge in [-0.2, -0.15) is 0 Å². The Hall–Kier alpha value is -0.650. The van der Waals surface area contributed by atoms with Crippen LogP contribution in [0.2, 0.25) is 0 Å². The van der Waals surface area contributed by atoms with E-state index >= 15 is 0 Å². The minimum Gasteiger partial charge on any atom is -0.480 e. The van der Waals surface area contributed by atoms with E-state index in [1.165, 1.54) is 19.4 Å². The topological polar surface area (TPSA) is 55.8 Å². The molecule has 2 N–H and O–H groups in total. The van der Waals surface area contributed by atoms with Gasteiger partial charge >= 0.3 is 5.97 Å². The van der Waals surface area contributed by atoms with Crippen molar-refractivity contribution in [3.63, 3.8) is 0 Å². The molecule has 0 radical (unpaired) electrons. The van der Waals surface area contributed by atoms with Crippen molar-refractivity contribution in [1.82, 2.24) is 15.1 Å². The highest BCUT2D eigenvalue weighted by Gasteiger charge is 2.34. The van der Waals surface area contributed by atoms with Crippen LogP contribution < -0.4 is 5.32 Å². The molecule has 0 aliphatic carbocycles. The van der Waals surface area contributed by atoms with Gasteiger partial charge in [-0.05, 0) is 66.3 Å². The molecule has 2 unspecified atom stereocenters. The van der Waals surface area contributed by atoms with E-state index in [9.17, 15) is 9.90 Å². The van der Waals surface area contributed by atoms with E-state index in [1.54, 1.807) is 7.05 Å². The van der Waals surface area contributed by atoms with Crippen molar-refractivity contribution >= 4 is 5.97 Å². The van der Waals surface area contributed by atoms with Crippen LogP contribution in [0.5, 0.6) is 0 Å². The van der Waals surface area contributed by atoms with Gasteiger partial charge in [0.1, 0.15) is 5.54 Å². The van der Waals surface area contributed by atoms with Crippen molar-refractivity contribution in [3.8, 4) is 0 Å². The third-order valence-corrected chi connectivity index (χ3v) is 4.83. The van der Waals surface area contributed by atoms with Crippen molar-refractivity contribution < 1.29 is 9.90 Å². The van der Waals surface area contributed by atoms with Crippen LogP contribution in [0, 0.1) is 0 Å². The lowest BCUT2D eigenvalue weighted by Gasteiger charge is -2.36. The van der Waals surface area contributed by atoms with Crippen molar-refractivity contribution in [2.75, 3.05) is 40.8 Å². The Morgan fingerprint density at radius 3 is 2.75 bits per heavy atom. The van der Waals surface area contributed by atoms with E-state index in [-0.39, 0.29) is 0 Å². The van der Waals surface area contributed by atoms with Gasteiger partial charge < -0.3 is 20.2 Å². The summed E-state index contributed by atoms with van der Waals surface area (Å²) in [5.41, 5.74) is -0.760. The lowest BCUT2D eigenvalue weighted by molar-refractivity contribution is -0.145. The van der Waals surface area contributed by atoms with E-state index in [0.717, 1.165) is 19.5 Å². The van der Waals surface area contributed by atoms with Crippen LogP contribution in [0.25, 0.3) is 0 Å². The van der Waals surface area contributed by atoms with Crippen LogP contribution >= 0.6 is 0 Å². The third-order valence-electron chi connectivity index (χ3n) is 4.83. The molecule has 2 atom stereocenters. The van der Waals surface area contributed by atoms with Crippen LogP contribution in [-0.2, 0) is 4.79 Å². The minimum atomic E-state index is -0.760. The van der Waals surface area contributed by atoms with Crippen LogP contribution in [0.1, 0.15) is 39.0 Å². The molecule has 5 heteroatoms. The van der Waals surface area contributed by atoms with Gasteiger partial charge in [-0.3, -0.25) is 4.79 Å². The fourth-order valence-corrected chi connectivity index (χ4v) is 3.16. The zero-order valence-electron chi connectivity index (χ0n) is 13.5. The van der Waals surface area contributed by atoms with Crippen LogP contribution in [0.4, 0.5) is 0 Å². The second-order valence-corrected chi connectivity index (χ2v) is 6.13. The number of carboxylic acid groups (broad SMARTS) is 1. The van der Waals surface area contributed by atoms with Gasteiger partial charge in [0.15, 0.2) is 0 Å². The number of hydrogen-bond donors (Lipinski definition) is 2. The molecule has 0 spiro atoms. The molecular weight excluding hydrogens is 254 g/mol. The van der Waals surface area contributed by atoms with Gasteiger partial charge in [0.2, 0.25) is 0 Å². The fraction of sp³-hybridized carbons (Fsp3) is 0.933. The number of aliphatic carboxylic acids is 1. The molecule has 5 nitrogen and oxygen atoms in total. The number of nitrogens with one attached hydrogen (secondary N) is 1. The number of likely N-dealkylation sites (N-methyl/N-ethyl adjacent to an activating group) is 3. The van der Waals surface area contributed by atoms with Crippen molar-refractivity contribution in [2.24, 2.45) is 0 Å². The first-order chi connectivity index (χ1) is 9.45. The number of hydrogen-bond acceptors (Lipinski definition) is 4. The first kappa shape index (κ1) is 17.4. The van der Waals surface area contributed by atoms with Crippen LogP contribution in [0.15, 0.2) is 0 Å². The molecular formula is C15H31N3O2. The van der Waals surface area contributed by atoms with E-state index in [4.69, 9.17) is 0 Å². The average Bonchev–Trinajstić information content (AvgIpc) is 2.43. The van der Waals surface area contributed by atoms with Gasteiger partial charge in [0.05, 0.1) is 0 Å². The maximum atomic E-state index is 11.4. The number of nitrogens with zero attached hydrogens (tertiary/aromatic N) is 2. The average molecular weight is 285 g/mol. The number of piperidine rings is 1. The van der Waals surface area contributed by atoms with E-state index in [1.807, 2.05) is 6.92 Å². The summed E-state index contributed by atoms with van der Waals surface area (Å²) in [5.74, 6) is -0.734. The zero-order valence-corrected chi connectivity index (χ0v) is 13.5. The lowest BCUT2D eigenvalue weighted by Crippen LogP contribution is -2.50. The second kappa shape index (κ2) is 7.96. The molecule has 0 bridgehead atoms. The normalized spacial score (nSPS) is 23.8. The lowest BCUT2D eigenvalue weighted by atomic mass is 9.90. The van der Waals surface area contributed by atoms with E-state index < -0.39 is 11.5 Å².